The maximum Gasteiger partial charge on any atom is 0.131 e. The Kier molecular flexibility index (Phi) is 8.11. The maximum atomic E-state index is 9.90. The van der Waals surface area contributed by atoms with Crippen molar-refractivity contribution in [3.05, 3.63) is 88.9 Å². The van der Waals surface area contributed by atoms with E-state index in [1.807, 2.05) is 66.7 Å². The zero-order chi connectivity index (χ0) is 21.3. The molecule has 0 saturated carbocycles. The van der Waals surface area contributed by atoms with Gasteiger partial charge in [0.05, 0.1) is 18.8 Å². The molecule has 0 radical (unpaired) electrons. The molecule has 0 aliphatic rings. The highest BCUT2D eigenvalue weighted by Crippen LogP contribution is 2.29. The Balaban J connectivity index is 1.59. The van der Waals surface area contributed by atoms with Crippen LogP contribution in [0.15, 0.2) is 72.8 Å². The van der Waals surface area contributed by atoms with Gasteiger partial charge in [-0.1, -0.05) is 54.1 Å². The first-order valence-electron chi connectivity index (χ1n) is 9.82. The summed E-state index contributed by atoms with van der Waals surface area (Å²) < 4.78 is 11.8. The molecule has 0 saturated heterocycles. The topological polar surface area (TPSA) is 84.9 Å². The predicted molar refractivity (Wildman–Crippen MR) is 118 cm³/mol. The molecule has 0 aromatic heterocycles. The standard InChI is InChI=1S/C24H26ClNO4/c25-22-14-21(11-9-18(22)10-12-24(28)23(26)15-27)30-20-8-4-7-19(13-20)29-16-17-5-2-1-3-6-17/h1-9,11,13-14,23-24,27-28H,10,12,15-16,26H2. The van der Waals surface area contributed by atoms with Crippen LogP contribution < -0.4 is 15.2 Å². The summed E-state index contributed by atoms with van der Waals surface area (Å²) >= 11 is 6.37. The molecule has 5 nitrogen and oxygen atoms in total. The molecule has 3 aromatic carbocycles. The third kappa shape index (κ3) is 6.47. The molecule has 0 aliphatic carbocycles. The van der Waals surface area contributed by atoms with E-state index >= 15 is 0 Å². The van der Waals surface area contributed by atoms with Crippen molar-refractivity contribution in [2.24, 2.45) is 5.73 Å². The van der Waals surface area contributed by atoms with E-state index in [4.69, 9.17) is 31.9 Å². The van der Waals surface area contributed by atoms with Gasteiger partial charge in [0.1, 0.15) is 23.9 Å². The fourth-order valence-corrected chi connectivity index (χ4v) is 3.20. The van der Waals surface area contributed by atoms with Crippen LogP contribution in [0.4, 0.5) is 0 Å². The number of halogens is 1. The van der Waals surface area contributed by atoms with Crippen LogP contribution in [0.25, 0.3) is 0 Å². The van der Waals surface area contributed by atoms with Crippen LogP contribution in [-0.4, -0.2) is 29.0 Å². The van der Waals surface area contributed by atoms with E-state index < -0.39 is 12.1 Å². The van der Waals surface area contributed by atoms with Crippen molar-refractivity contribution in [3.8, 4) is 17.2 Å². The highest BCUT2D eigenvalue weighted by molar-refractivity contribution is 6.31. The molecule has 0 amide bonds. The number of hydrogen-bond donors (Lipinski definition) is 3. The van der Waals surface area contributed by atoms with Gasteiger partial charge in [-0.15, -0.1) is 0 Å². The largest absolute Gasteiger partial charge is 0.489 e. The van der Waals surface area contributed by atoms with Crippen molar-refractivity contribution < 1.29 is 19.7 Å². The SMILES string of the molecule is NC(CO)C(O)CCc1ccc(Oc2cccc(OCc3ccccc3)c2)cc1Cl. The lowest BCUT2D eigenvalue weighted by atomic mass is 10.0. The highest BCUT2D eigenvalue weighted by atomic mass is 35.5. The van der Waals surface area contributed by atoms with E-state index in [9.17, 15) is 5.11 Å². The van der Waals surface area contributed by atoms with Gasteiger partial charge in [0, 0.05) is 11.1 Å². The van der Waals surface area contributed by atoms with Gasteiger partial charge in [-0.05, 0) is 48.2 Å². The summed E-state index contributed by atoms with van der Waals surface area (Å²) in [6, 6.07) is 22.2. The lowest BCUT2D eigenvalue weighted by Crippen LogP contribution is -2.38. The first-order chi connectivity index (χ1) is 14.5. The summed E-state index contributed by atoms with van der Waals surface area (Å²) in [5.41, 5.74) is 7.61. The first kappa shape index (κ1) is 22.1. The summed E-state index contributed by atoms with van der Waals surface area (Å²) in [5, 5.41) is 19.5. The van der Waals surface area contributed by atoms with E-state index in [0.717, 1.165) is 11.1 Å². The minimum Gasteiger partial charge on any atom is -0.489 e. The van der Waals surface area contributed by atoms with Gasteiger partial charge < -0.3 is 25.4 Å². The first-order valence-corrected chi connectivity index (χ1v) is 10.2. The Morgan fingerprint density at radius 2 is 1.63 bits per heavy atom. The van der Waals surface area contributed by atoms with Gasteiger partial charge in [0.2, 0.25) is 0 Å². The van der Waals surface area contributed by atoms with Crippen LogP contribution in [-0.2, 0) is 13.0 Å². The van der Waals surface area contributed by atoms with Gasteiger partial charge in [-0.2, -0.15) is 0 Å². The van der Waals surface area contributed by atoms with E-state index in [-0.39, 0.29) is 6.61 Å². The zero-order valence-electron chi connectivity index (χ0n) is 16.6. The number of ether oxygens (including phenoxy) is 2. The van der Waals surface area contributed by atoms with Crippen LogP contribution in [0, 0.1) is 0 Å². The van der Waals surface area contributed by atoms with Gasteiger partial charge in [0.15, 0.2) is 0 Å². The van der Waals surface area contributed by atoms with Gasteiger partial charge in [-0.3, -0.25) is 0 Å². The molecule has 4 N–H and O–H groups in total. The number of aliphatic hydroxyl groups is 2. The van der Waals surface area contributed by atoms with Gasteiger partial charge in [0.25, 0.3) is 0 Å². The molecule has 3 aromatic rings. The maximum absolute atomic E-state index is 9.90. The third-order valence-corrected chi connectivity index (χ3v) is 5.08. The number of aryl methyl sites for hydroxylation is 1. The second-order valence-corrected chi connectivity index (χ2v) is 7.46. The number of benzene rings is 3. The summed E-state index contributed by atoms with van der Waals surface area (Å²) in [6.45, 7) is 0.229. The Morgan fingerprint density at radius 3 is 2.37 bits per heavy atom. The number of hydrogen-bond acceptors (Lipinski definition) is 5. The van der Waals surface area contributed by atoms with Crippen molar-refractivity contribution in [1.29, 1.82) is 0 Å². The van der Waals surface area contributed by atoms with Gasteiger partial charge >= 0.3 is 0 Å². The monoisotopic (exact) mass is 427 g/mol. The molecule has 3 rings (SSSR count). The molecule has 30 heavy (non-hydrogen) atoms. The fourth-order valence-electron chi connectivity index (χ4n) is 2.94. The van der Waals surface area contributed by atoms with Crippen molar-refractivity contribution >= 4 is 11.6 Å². The van der Waals surface area contributed by atoms with E-state index in [2.05, 4.69) is 0 Å². The number of aliphatic hydroxyl groups excluding tert-OH is 2. The Labute approximate surface area is 181 Å². The van der Waals surface area contributed by atoms with E-state index in [0.29, 0.717) is 41.7 Å². The minimum atomic E-state index is -0.777. The molecular weight excluding hydrogens is 402 g/mol. The van der Waals surface area contributed by atoms with Crippen LogP contribution in [0.3, 0.4) is 0 Å². The normalized spacial score (nSPS) is 12.9. The van der Waals surface area contributed by atoms with Crippen molar-refractivity contribution in [2.45, 2.75) is 31.6 Å². The molecule has 0 heterocycles. The van der Waals surface area contributed by atoms with Crippen molar-refractivity contribution in [3.63, 3.8) is 0 Å². The Bertz CT molecular complexity index is 935. The summed E-state index contributed by atoms with van der Waals surface area (Å²) in [5.74, 6) is 1.97. The molecule has 2 unspecified atom stereocenters. The summed E-state index contributed by atoms with van der Waals surface area (Å²) in [7, 11) is 0. The van der Waals surface area contributed by atoms with Crippen LogP contribution in [0.1, 0.15) is 17.5 Å². The molecular formula is C24H26ClNO4. The van der Waals surface area contributed by atoms with E-state index in [1.54, 1.807) is 6.07 Å². The number of rotatable bonds is 10. The Morgan fingerprint density at radius 1 is 0.900 bits per heavy atom. The molecule has 0 fully saturated rings. The lowest BCUT2D eigenvalue weighted by molar-refractivity contribution is 0.102. The fraction of sp³-hybridized carbons (Fsp3) is 0.250. The highest BCUT2D eigenvalue weighted by Gasteiger charge is 2.14. The molecule has 158 valence electrons. The van der Waals surface area contributed by atoms with Crippen LogP contribution in [0.5, 0.6) is 17.2 Å². The Hall–Kier alpha value is -2.57. The minimum absolute atomic E-state index is 0.254. The zero-order valence-corrected chi connectivity index (χ0v) is 17.3. The molecule has 0 aliphatic heterocycles. The molecule has 2 atom stereocenters. The van der Waals surface area contributed by atoms with Crippen molar-refractivity contribution in [1.82, 2.24) is 0 Å². The molecule has 0 bridgehead atoms. The lowest BCUT2D eigenvalue weighted by Gasteiger charge is -2.16. The third-order valence-electron chi connectivity index (χ3n) is 4.73. The predicted octanol–water partition coefficient (Wildman–Crippen LogP) is 4.32. The summed E-state index contributed by atoms with van der Waals surface area (Å²) in [6.07, 6.45) is 0.194. The van der Waals surface area contributed by atoms with E-state index in [1.165, 1.54) is 0 Å². The van der Waals surface area contributed by atoms with Gasteiger partial charge in [-0.25, -0.2) is 0 Å². The average Bonchev–Trinajstić information content (AvgIpc) is 2.77. The average molecular weight is 428 g/mol. The number of nitrogens with two attached hydrogens (primary N) is 1. The van der Waals surface area contributed by atoms with Crippen molar-refractivity contribution in [2.75, 3.05) is 6.61 Å². The van der Waals surface area contributed by atoms with Crippen LogP contribution >= 0.6 is 11.6 Å². The smallest absolute Gasteiger partial charge is 0.131 e. The summed E-state index contributed by atoms with van der Waals surface area (Å²) in [4.78, 5) is 0. The second kappa shape index (κ2) is 11.0. The van der Waals surface area contributed by atoms with Crippen LogP contribution in [0.2, 0.25) is 5.02 Å². The second-order valence-electron chi connectivity index (χ2n) is 7.06. The quantitative estimate of drug-likeness (QED) is 0.448. The molecule has 0 spiro atoms. The molecule has 6 heteroatoms.